The minimum Gasteiger partial charge on any atom is -0.748 e. The van der Waals surface area contributed by atoms with Gasteiger partial charge < -0.3 is 60.7 Å². The topological polar surface area (TPSA) is 567 Å². The number of hydrogen-bond donors (Lipinski definition) is 9. The average Bonchev–Trinajstić information content (AvgIpc) is 0.739. The van der Waals surface area contributed by atoms with E-state index in [1.54, 1.807) is 137 Å². The highest BCUT2D eigenvalue weighted by Crippen LogP contribution is 2.41. The summed E-state index contributed by atoms with van der Waals surface area (Å²) in [6, 6.07) is 45.9. The average molecular weight is 2150 g/mol. The number of carbonyl (C=O) groups is 8. The maximum atomic E-state index is 14.8. The summed E-state index contributed by atoms with van der Waals surface area (Å²) in [4.78, 5) is 104. The molecule has 0 atom stereocenters. The van der Waals surface area contributed by atoms with E-state index in [1.165, 1.54) is 48.5 Å². The second-order valence-electron chi connectivity index (χ2n) is 33.2. The molecule has 0 spiro atoms. The van der Waals surface area contributed by atoms with Gasteiger partial charge in [0.15, 0.2) is 35.8 Å². The molecule has 0 bridgehead atoms. The van der Waals surface area contributed by atoms with Gasteiger partial charge in [-0.1, -0.05) is 78.4 Å². The van der Waals surface area contributed by atoms with Crippen LogP contribution in [0.2, 0.25) is 0 Å². The lowest BCUT2D eigenvalue weighted by molar-refractivity contribution is -0.645. The summed E-state index contributed by atoms with van der Waals surface area (Å²) in [7, 11) is -22.8. The number of nitrogens with zero attached hydrogens (tertiary/aromatic N) is 6. The van der Waals surface area contributed by atoms with E-state index in [0.717, 1.165) is 34.1 Å². The number of anilines is 2. The third-order valence-corrected chi connectivity index (χ3v) is 28.4. The molecule has 48 heteroatoms. The van der Waals surface area contributed by atoms with Gasteiger partial charge in [-0.15, -0.1) is 12.8 Å². The minimum absolute atomic E-state index is 0.0138. The fraction of sp³-hybridized carbons (Fsp3) is 0.320. The molecule has 148 heavy (non-hydrogen) atoms. The number of allylic oxidation sites excluding steroid dienone is 2. The zero-order valence-electron chi connectivity index (χ0n) is 79.3. The first-order chi connectivity index (χ1) is 70.0. The van der Waals surface area contributed by atoms with E-state index in [4.69, 9.17) is 32.8 Å². The highest BCUT2D eigenvalue weighted by Gasteiger charge is 2.40. The van der Waals surface area contributed by atoms with Crippen molar-refractivity contribution in [3.05, 3.63) is 238 Å². The van der Waals surface area contributed by atoms with Crippen molar-refractivity contribution in [3.8, 4) is 48.3 Å². The van der Waals surface area contributed by atoms with Crippen molar-refractivity contribution in [1.29, 1.82) is 10.5 Å². The number of nitriles is 2. The Hall–Kier alpha value is -15.2. The number of unbranched alkanes of at least 4 members (excludes halogenated alkanes) is 4. The van der Waals surface area contributed by atoms with Crippen molar-refractivity contribution in [3.63, 3.8) is 0 Å². The number of halogens is 6. The monoisotopic (exact) mass is 2140 g/mol. The Balaban J connectivity index is 0.000000330. The normalized spacial score (nSPS) is 12.1. The highest BCUT2D eigenvalue weighted by molar-refractivity contribution is 7.90. The Morgan fingerprint density at radius 3 is 1.09 bits per heavy atom. The lowest BCUT2D eigenvalue weighted by Crippen LogP contribution is -2.41. The van der Waals surface area contributed by atoms with Crippen LogP contribution in [0.5, 0.6) is 11.5 Å². The molecule has 8 aromatic carbocycles. The van der Waals surface area contributed by atoms with Crippen LogP contribution in [0.25, 0.3) is 43.6 Å². The Labute approximate surface area is 848 Å². The maximum absolute atomic E-state index is 14.8. The number of amides is 8. The molecule has 37 nitrogen and oxygen atoms in total. The zero-order chi connectivity index (χ0) is 108. The molecule has 2 heterocycles. The van der Waals surface area contributed by atoms with Crippen molar-refractivity contribution >= 4 is 153 Å². The van der Waals surface area contributed by atoms with Crippen molar-refractivity contribution < 1.29 is 149 Å². The van der Waals surface area contributed by atoms with Crippen LogP contribution in [0.1, 0.15) is 139 Å². The van der Waals surface area contributed by atoms with Gasteiger partial charge in [-0.25, -0.2) is 42.3 Å². The molecule has 784 valence electrons. The summed E-state index contributed by atoms with van der Waals surface area (Å²) in [5.74, 6) is -7.41. The van der Waals surface area contributed by atoms with E-state index in [1.807, 2.05) is 0 Å². The molecule has 0 radical (unpaired) electrons. The second kappa shape index (κ2) is 53.3. The van der Waals surface area contributed by atoms with Gasteiger partial charge in [0.1, 0.15) is 23.6 Å². The van der Waals surface area contributed by atoms with Crippen molar-refractivity contribution in [1.82, 2.24) is 29.9 Å². The number of aliphatic hydroxyl groups is 2. The predicted octanol–water partition coefficient (Wildman–Crippen LogP) is 11.4. The molecule has 0 unspecified atom stereocenters. The first-order valence-electron chi connectivity index (χ1n) is 45.8. The van der Waals surface area contributed by atoms with E-state index in [2.05, 4.69) is 31.9 Å². The van der Waals surface area contributed by atoms with E-state index in [-0.39, 0.29) is 178 Å². The number of fused-ring (bicyclic) bond motifs is 4. The van der Waals surface area contributed by atoms with E-state index < -0.39 is 168 Å². The molecular weight excluding hydrogens is 2040 g/mol. The maximum Gasteiger partial charge on any atom is 0.419 e. The predicted molar refractivity (Wildman–Crippen MR) is 527 cm³/mol. The third kappa shape index (κ3) is 33.7. The minimum atomic E-state index is -4.80. The van der Waals surface area contributed by atoms with Crippen LogP contribution in [-0.4, -0.2) is 192 Å². The second-order valence-corrected chi connectivity index (χ2v) is 41.5. The van der Waals surface area contributed by atoms with Crippen molar-refractivity contribution in [2.45, 2.75) is 145 Å². The van der Waals surface area contributed by atoms with Crippen molar-refractivity contribution in [2.75, 3.05) is 80.4 Å². The fourth-order valence-electron chi connectivity index (χ4n) is 15.4. The number of para-hydroxylation sites is 4. The van der Waals surface area contributed by atoms with E-state index in [0.29, 0.717) is 93.4 Å². The Bertz CT molecular complexity index is 7390. The summed E-state index contributed by atoms with van der Waals surface area (Å²) in [5.41, 5.74) is -0.922. The summed E-state index contributed by atoms with van der Waals surface area (Å²) in [6.07, 6.45) is 2.50. The number of rotatable bonds is 50. The molecule has 8 amide bonds. The van der Waals surface area contributed by atoms with Crippen LogP contribution in [-0.2, 0) is 111 Å². The number of pyridine rings is 2. The Kier molecular flexibility index (Phi) is 41.9. The SMILES string of the molecule is C#C/C(O)=C(\C#N)C(=O)Nc1ccc(C(F)(F)F)c(OCCCCCC(=O)NCCNC(=O)CCCN(C(=O)c2c3ccccc3[n+](CCCS(=O)(=O)[O-])c3ccccc23)S(=O)(=O)c2ccc(C)cc2)c1.C#C/C(O)=C(\C#N)C(=O)Nc1ccc(C(F)(F)F)c(OCCCCCC(=O)NCCNC(=O)CCCc2ccc(S(=O)(=O)N(CCCS(=O)(=O)O)C(=O)c3c4ccccc4[n+](CCCS(=O)(=O)[O-])c4ccccc34)cc2)c1. The van der Waals surface area contributed by atoms with Gasteiger partial charge in [0.25, 0.3) is 53.8 Å². The summed E-state index contributed by atoms with van der Waals surface area (Å²) in [6.45, 7) is 0.833. The van der Waals surface area contributed by atoms with Gasteiger partial charge in [-0.2, -0.15) is 54.4 Å². The number of sulfonamides is 2. The molecule has 2 aromatic heterocycles. The van der Waals surface area contributed by atoms with Crippen LogP contribution >= 0.6 is 0 Å². The van der Waals surface area contributed by atoms with Gasteiger partial charge in [0, 0.05) is 137 Å². The van der Waals surface area contributed by atoms with Gasteiger partial charge in [-0.3, -0.25) is 42.9 Å². The number of alkyl halides is 6. The smallest absolute Gasteiger partial charge is 0.419 e. The molecule has 9 N–H and O–H groups in total. The lowest BCUT2D eigenvalue weighted by atomic mass is 10.0. The number of hydrogen-bond acceptors (Lipinski definition) is 26. The number of aliphatic hydroxyl groups excluding tert-OH is 2. The molecule has 0 aliphatic carbocycles. The molecule has 10 aromatic rings. The number of terminal acetylenes is 2. The zero-order valence-corrected chi connectivity index (χ0v) is 83.4. The van der Waals surface area contributed by atoms with Gasteiger partial charge in [0.05, 0.1) is 92.8 Å². The Morgan fingerprint density at radius 2 is 0.757 bits per heavy atom. The third-order valence-electron chi connectivity index (χ3n) is 22.5. The molecule has 0 saturated carbocycles. The van der Waals surface area contributed by atoms with Gasteiger partial charge in [0.2, 0.25) is 45.7 Å². The molecule has 0 fully saturated rings. The van der Waals surface area contributed by atoms with Gasteiger partial charge >= 0.3 is 12.4 Å². The first-order valence-corrected chi connectivity index (χ1v) is 53.4. The van der Waals surface area contributed by atoms with E-state index in [9.17, 15) is 131 Å². The lowest BCUT2D eigenvalue weighted by Gasteiger charge is -2.24. The van der Waals surface area contributed by atoms with Crippen LogP contribution in [0.15, 0.2) is 214 Å². The van der Waals surface area contributed by atoms with Crippen LogP contribution < -0.4 is 50.5 Å². The van der Waals surface area contributed by atoms with Crippen LogP contribution in [0.3, 0.4) is 0 Å². The highest BCUT2D eigenvalue weighted by atomic mass is 32.2. The van der Waals surface area contributed by atoms with E-state index >= 15 is 0 Å². The largest absolute Gasteiger partial charge is 0.748 e. The van der Waals surface area contributed by atoms with Crippen molar-refractivity contribution in [2.24, 2.45) is 0 Å². The number of ether oxygens (including phenoxy) is 2. The summed E-state index contributed by atoms with van der Waals surface area (Å²) in [5, 5.41) is 53.7. The summed E-state index contributed by atoms with van der Waals surface area (Å²) >= 11 is 0. The molecule has 0 saturated heterocycles. The number of benzene rings is 8. The first kappa shape index (κ1) is 116. The molecule has 10 rings (SSSR count). The van der Waals surface area contributed by atoms with Crippen LogP contribution in [0.4, 0.5) is 37.7 Å². The quantitative estimate of drug-likeness (QED) is 0.00197. The molecule has 0 aliphatic heterocycles. The number of carbonyl (C=O) groups excluding carboxylic acids is 8. The fourth-order valence-corrected chi connectivity index (χ4v) is 19.7. The Morgan fingerprint density at radius 1 is 0.426 bits per heavy atom. The van der Waals surface area contributed by atoms with Crippen LogP contribution in [0, 0.1) is 54.3 Å². The number of aryl methyl sites for hydroxylation is 4. The standard InChI is InChI=1S/C51H53F3N6O14S3.C49H49F3N6O11S2/c1-2-44(61)40(34-55)49(64)58-36-22-25-41(51(52,53)54)45(33-36)74-30-9-3-4-18-46(62)56-26-27-57-47(63)19-10-13-35-20-23-37(24-21-35)77(72,73)60(29-12-32-76(69,70)71)50(65)48-38-14-5-7-16-42(38)59(28-11-31-75(66,67)68)43-17-8-6-15-39(43)48;1-3-42(59)38(32-53)47(62)56-34-21-24-39(49(50,51)52)43(31-34)69-29-10-4-5-17-44(60)54-25-26-55-45(61)18-11-28-58(71(67,68)35-22-19-33(2)20-23-35)48(63)46-36-13-6-8-15-40(36)57(27-12-30-70(64,65)66)41-16-9-7-14-37(41)46/h1,5-8,14-17,20-25,33H,3-4,9-13,18-19,26-32H2,(H5-,56,57,58,61,62,63,64,66,67,68,69,70,71);1,6-9,13-16,19-24,31H,4-5,10-12,17-18,25-30H2,2H3,(H4-,54,55,56,59,60,61,62,64,65,66). The summed E-state index contributed by atoms with van der Waals surface area (Å²) < 4.78 is 256. The molecular formula is C100H102F6N12O25S5. The van der Waals surface area contributed by atoms with Gasteiger partial charge in [-0.05, 0) is 161 Å². The molecule has 0 aliphatic rings. The number of aromatic nitrogens is 2. The number of nitrogens with one attached hydrogen (secondary N) is 6.